The first-order valence-electron chi connectivity index (χ1n) is 10.1. The summed E-state index contributed by atoms with van der Waals surface area (Å²) in [6.07, 6.45) is 0. The smallest absolute Gasteiger partial charge is 0.264 e. The van der Waals surface area contributed by atoms with Gasteiger partial charge in [-0.25, -0.2) is 8.42 Å². The van der Waals surface area contributed by atoms with Gasteiger partial charge in [-0.15, -0.1) is 0 Å². The molecule has 168 valence electrons. The van der Waals surface area contributed by atoms with E-state index in [-0.39, 0.29) is 16.5 Å². The van der Waals surface area contributed by atoms with Crippen LogP contribution in [-0.2, 0) is 14.8 Å². The Balaban J connectivity index is 1.88. The predicted molar refractivity (Wildman–Crippen MR) is 127 cm³/mol. The Bertz CT molecular complexity index is 1160. The van der Waals surface area contributed by atoms with Gasteiger partial charge in [0.25, 0.3) is 10.0 Å². The van der Waals surface area contributed by atoms with Crippen molar-refractivity contribution in [1.29, 1.82) is 0 Å². The van der Waals surface area contributed by atoms with Crippen LogP contribution in [0.1, 0.15) is 18.4 Å². The Morgan fingerprint density at radius 1 is 1.03 bits per heavy atom. The van der Waals surface area contributed by atoms with Gasteiger partial charge in [-0.2, -0.15) is 0 Å². The van der Waals surface area contributed by atoms with Crippen molar-refractivity contribution in [3.63, 3.8) is 0 Å². The lowest BCUT2D eigenvalue weighted by molar-refractivity contribution is -0.119. The standard InChI is InChI=1S/C24H25ClN2O4S/c1-18(19-9-5-3-6-10-19)16-26-24(28)17-27(22-15-20(25)13-14-23(22)31-2)32(29,30)21-11-7-4-8-12-21/h3-15,18H,16-17H2,1-2H3,(H,26,28)/t18-/m1/s1. The molecule has 1 amide bonds. The summed E-state index contributed by atoms with van der Waals surface area (Å²) in [5, 5.41) is 3.16. The van der Waals surface area contributed by atoms with E-state index in [9.17, 15) is 13.2 Å². The summed E-state index contributed by atoms with van der Waals surface area (Å²) in [6, 6.07) is 22.4. The van der Waals surface area contributed by atoms with E-state index in [1.165, 1.54) is 25.3 Å². The molecule has 1 N–H and O–H groups in total. The Morgan fingerprint density at radius 2 is 1.66 bits per heavy atom. The van der Waals surface area contributed by atoms with Gasteiger partial charge in [0, 0.05) is 11.6 Å². The van der Waals surface area contributed by atoms with Gasteiger partial charge in [-0.1, -0.05) is 67.1 Å². The van der Waals surface area contributed by atoms with Gasteiger partial charge in [-0.3, -0.25) is 9.10 Å². The van der Waals surface area contributed by atoms with Crippen molar-refractivity contribution in [2.45, 2.75) is 17.7 Å². The Morgan fingerprint density at radius 3 is 2.28 bits per heavy atom. The van der Waals surface area contributed by atoms with Crippen molar-refractivity contribution < 1.29 is 17.9 Å². The van der Waals surface area contributed by atoms with Crippen molar-refractivity contribution in [1.82, 2.24) is 5.32 Å². The molecule has 6 nitrogen and oxygen atoms in total. The average molecular weight is 473 g/mol. The molecule has 0 spiro atoms. The molecule has 32 heavy (non-hydrogen) atoms. The number of amides is 1. The Labute approximate surface area is 193 Å². The van der Waals surface area contributed by atoms with Crippen LogP contribution in [0.3, 0.4) is 0 Å². The second-order valence-electron chi connectivity index (χ2n) is 7.26. The van der Waals surface area contributed by atoms with E-state index in [1.807, 2.05) is 37.3 Å². The molecule has 1 atom stereocenters. The first-order chi connectivity index (χ1) is 15.3. The minimum Gasteiger partial charge on any atom is -0.495 e. The van der Waals surface area contributed by atoms with Crippen molar-refractivity contribution in [3.05, 3.63) is 89.4 Å². The number of ether oxygens (including phenoxy) is 1. The van der Waals surface area contributed by atoms with Gasteiger partial charge < -0.3 is 10.1 Å². The number of carbonyl (C=O) groups excluding carboxylic acids is 1. The van der Waals surface area contributed by atoms with Crippen LogP contribution in [0.4, 0.5) is 5.69 Å². The van der Waals surface area contributed by atoms with Gasteiger partial charge in [0.1, 0.15) is 12.3 Å². The highest BCUT2D eigenvalue weighted by Crippen LogP contribution is 2.34. The first-order valence-corrected chi connectivity index (χ1v) is 11.9. The van der Waals surface area contributed by atoms with E-state index in [0.29, 0.717) is 17.3 Å². The zero-order valence-electron chi connectivity index (χ0n) is 17.9. The number of nitrogens with one attached hydrogen (secondary N) is 1. The molecule has 3 aromatic rings. The van der Waals surface area contributed by atoms with Crippen LogP contribution in [0.2, 0.25) is 5.02 Å². The number of sulfonamides is 1. The van der Waals surface area contributed by atoms with Crippen LogP contribution in [0.25, 0.3) is 0 Å². The highest BCUT2D eigenvalue weighted by molar-refractivity contribution is 7.92. The number of anilines is 1. The number of nitrogens with zero attached hydrogens (tertiary/aromatic N) is 1. The van der Waals surface area contributed by atoms with E-state index >= 15 is 0 Å². The molecule has 0 aliphatic heterocycles. The fourth-order valence-corrected chi connectivity index (χ4v) is 4.84. The van der Waals surface area contributed by atoms with E-state index in [0.717, 1.165) is 9.87 Å². The minimum atomic E-state index is -4.06. The van der Waals surface area contributed by atoms with Gasteiger partial charge in [0.2, 0.25) is 5.91 Å². The maximum absolute atomic E-state index is 13.5. The Hall–Kier alpha value is -3.03. The lowest BCUT2D eigenvalue weighted by atomic mass is 10.0. The molecule has 0 bridgehead atoms. The third kappa shape index (κ3) is 5.60. The molecule has 3 rings (SSSR count). The maximum Gasteiger partial charge on any atom is 0.264 e. The second-order valence-corrected chi connectivity index (χ2v) is 9.56. The molecule has 8 heteroatoms. The van der Waals surface area contributed by atoms with Gasteiger partial charge in [0.05, 0.1) is 17.7 Å². The molecule has 0 saturated heterocycles. The Kier molecular flexibility index (Phi) is 7.77. The zero-order valence-corrected chi connectivity index (χ0v) is 19.4. The molecular formula is C24H25ClN2O4S. The highest BCUT2D eigenvalue weighted by Gasteiger charge is 2.29. The van der Waals surface area contributed by atoms with Crippen molar-refractivity contribution in [2.24, 2.45) is 0 Å². The molecule has 0 aliphatic carbocycles. The summed E-state index contributed by atoms with van der Waals surface area (Å²) in [5.74, 6) is -0.0753. The summed E-state index contributed by atoms with van der Waals surface area (Å²) in [7, 11) is -2.62. The molecule has 0 aliphatic rings. The van der Waals surface area contributed by atoms with E-state index in [4.69, 9.17) is 16.3 Å². The summed E-state index contributed by atoms with van der Waals surface area (Å²) in [5.41, 5.74) is 1.27. The maximum atomic E-state index is 13.5. The average Bonchev–Trinajstić information content (AvgIpc) is 2.82. The van der Waals surface area contributed by atoms with Gasteiger partial charge in [-0.05, 0) is 41.8 Å². The molecule has 0 radical (unpaired) electrons. The quantitative estimate of drug-likeness (QED) is 0.498. The minimum absolute atomic E-state index is 0.0625. The van der Waals surface area contributed by atoms with E-state index in [2.05, 4.69) is 5.32 Å². The largest absolute Gasteiger partial charge is 0.495 e. The van der Waals surface area contributed by atoms with Gasteiger partial charge >= 0.3 is 0 Å². The molecular weight excluding hydrogens is 448 g/mol. The number of halogens is 1. The van der Waals surface area contributed by atoms with Crippen LogP contribution in [0.15, 0.2) is 83.8 Å². The number of methoxy groups -OCH3 is 1. The lowest BCUT2D eigenvalue weighted by Gasteiger charge is -2.26. The normalized spacial score (nSPS) is 12.1. The summed E-state index contributed by atoms with van der Waals surface area (Å²) < 4.78 is 33.3. The molecule has 0 unspecified atom stereocenters. The van der Waals surface area contributed by atoms with Crippen LogP contribution in [0, 0.1) is 0 Å². The fourth-order valence-electron chi connectivity index (χ4n) is 3.23. The fraction of sp³-hybridized carbons (Fsp3) is 0.208. The summed E-state index contributed by atoms with van der Waals surface area (Å²) >= 11 is 6.14. The summed E-state index contributed by atoms with van der Waals surface area (Å²) in [4.78, 5) is 12.9. The number of benzene rings is 3. The van der Waals surface area contributed by atoms with Crippen molar-refractivity contribution in [3.8, 4) is 5.75 Å². The van der Waals surface area contributed by atoms with Crippen LogP contribution >= 0.6 is 11.6 Å². The van der Waals surface area contributed by atoms with Crippen LogP contribution in [-0.4, -0.2) is 34.5 Å². The molecule has 0 fully saturated rings. The topological polar surface area (TPSA) is 75.7 Å². The SMILES string of the molecule is COc1ccc(Cl)cc1N(CC(=O)NC[C@@H](C)c1ccccc1)S(=O)(=O)c1ccccc1. The highest BCUT2D eigenvalue weighted by atomic mass is 35.5. The zero-order chi connectivity index (χ0) is 23.1. The van der Waals surface area contributed by atoms with Gasteiger partial charge in [0.15, 0.2) is 0 Å². The molecule has 0 aromatic heterocycles. The third-order valence-electron chi connectivity index (χ3n) is 5.00. The number of hydrogen-bond donors (Lipinski definition) is 1. The number of carbonyl (C=O) groups is 1. The van der Waals surface area contributed by atoms with E-state index < -0.39 is 22.5 Å². The molecule has 3 aromatic carbocycles. The first kappa shape index (κ1) is 23.6. The molecule has 0 saturated carbocycles. The lowest BCUT2D eigenvalue weighted by Crippen LogP contribution is -2.42. The predicted octanol–water partition coefficient (Wildman–Crippen LogP) is 4.46. The second kappa shape index (κ2) is 10.5. The van der Waals surface area contributed by atoms with E-state index in [1.54, 1.807) is 30.3 Å². The monoisotopic (exact) mass is 472 g/mol. The van der Waals surface area contributed by atoms with Crippen molar-refractivity contribution >= 4 is 33.2 Å². The molecule has 0 heterocycles. The van der Waals surface area contributed by atoms with Crippen LogP contribution < -0.4 is 14.4 Å². The third-order valence-corrected chi connectivity index (χ3v) is 7.01. The number of hydrogen-bond acceptors (Lipinski definition) is 4. The van der Waals surface area contributed by atoms with Crippen molar-refractivity contribution in [2.75, 3.05) is 24.5 Å². The summed E-state index contributed by atoms with van der Waals surface area (Å²) in [6.45, 7) is 1.94. The number of rotatable bonds is 9. The van der Waals surface area contributed by atoms with Crippen LogP contribution in [0.5, 0.6) is 5.75 Å².